The highest BCUT2D eigenvalue weighted by atomic mass is 16.4. The van der Waals surface area contributed by atoms with Crippen molar-refractivity contribution in [1.82, 2.24) is 5.32 Å². The number of carbonyl (C=O) groups is 2. The van der Waals surface area contributed by atoms with Gasteiger partial charge in [0, 0.05) is 6.54 Å². The molecule has 4 nitrogen and oxygen atoms in total. The number of carbonyl (C=O) groups excluding carboxylic acids is 1. The quantitative estimate of drug-likeness (QED) is 0.825. The van der Waals surface area contributed by atoms with Crippen molar-refractivity contribution >= 4 is 11.9 Å². The molecule has 16 heavy (non-hydrogen) atoms. The van der Waals surface area contributed by atoms with Gasteiger partial charge in [-0.15, -0.1) is 0 Å². The van der Waals surface area contributed by atoms with Crippen LogP contribution in [-0.2, 0) is 0 Å². The van der Waals surface area contributed by atoms with E-state index in [1.54, 1.807) is 19.1 Å². The van der Waals surface area contributed by atoms with Crippen LogP contribution in [0.1, 0.15) is 41.5 Å². The predicted molar refractivity (Wildman–Crippen MR) is 62.8 cm³/mol. The summed E-state index contributed by atoms with van der Waals surface area (Å²) in [7, 11) is 0. The van der Waals surface area contributed by atoms with Gasteiger partial charge >= 0.3 is 5.97 Å². The second-order valence-electron chi connectivity index (χ2n) is 2.71. The Labute approximate surface area is 95.3 Å². The van der Waals surface area contributed by atoms with Crippen molar-refractivity contribution in [2.75, 3.05) is 6.54 Å². The molecule has 0 atom stereocenters. The van der Waals surface area contributed by atoms with Crippen molar-refractivity contribution in [3.8, 4) is 0 Å². The first kappa shape index (κ1) is 14.2. The molecule has 88 valence electrons. The van der Waals surface area contributed by atoms with Gasteiger partial charge in [-0.1, -0.05) is 26.0 Å². The number of aromatic carboxylic acids is 1. The van der Waals surface area contributed by atoms with Crippen molar-refractivity contribution in [3.05, 3.63) is 35.4 Å². The normalized spacial score (nSPS) is 8.69. The molecular weight excluding hydrogens is 206 g/mol. The first-order valence-corrected chi connectivity index (χ1v) is 5.27. The van der Waals surface area contributed by atoms with Crippen LogP contribution in [0.4, 0.5) is 0 Å². The summed E-state index contributed by atoms with van der Waals surface area (Å²) >= 11 is 0. The monoisotopic (exact) mass is 223 g/mol. The van der Waals surface area contributed by atoms with Crippen LogP contribution in [0.5, 0.6) is 0 Å². The topological polar surface area (TPSA) is 66.4 Å². The van der Waals surface area contributed by atoms with Gasteiger partial charge in [0.15, 0.2) is 0 Å². The second-order valence-corrected chi connectivity index (χ2v) is 2.71. The lowest BCUT2D eigenvalue weighted by Gasteiger charge is -2.04. The number of nitrogens with one attached hydrogen (secondary N) is 1. The van der Waals surface area contributed by atoms with E-state index in [0.29, 0.717) is 6.54 Å². The van der Waals surface area contributed by atoms with Crippen molar-refractivity contribution in [2.45, 2.75) is 20.8 Å². The molecule has 0 heterocycles. The molecule has 0 aromatic heterocycles. The number of hydrogen-bond donors (Lipinski definition) is 2. The SMILES string of the molecule is CC.CCNC(=O)c1ccccc1C(=O)O. The summed E-state index contributed by atoms with van der Waals surface area (Å²) < 4.78 is 0. The fourth-order valence-corrected chi connectivity index (χ4v) is 1.12. The van der Waals surface area contributed by atoms with Gasteiger partial charge in [0.1, 0.15) is 0 Å². The third-order valence-corrected chi connectivity index (χ3v) is 1.74. The standard InChI is InChI=1S/C10H11NO3.C2H6/c1-2-11-9(12)7-5-3-4-6-8(7)10(13)14;1-2/h3-6H,2H2,1H3,(H,11,12)(H,13,14);1-2H3. The molecule has 1 rings (SSSR count). The van der Waals surface area contributed by atoms with Crippen molar-refractivity contribution in [2.24, 2.45) is 0 Å². The van der Waals surface area contributed by atoms with E-state index >= 15 is 0 Å². The molecule has 0 aliphatic carbocycles. The summed E-state index contributed by atoms with van der Waals surface area (Å²) in [6, 6.07) is 6.13. The zero-order valence-corrected chi connectivity index (χ0v) is 9.78. The smallest absolute Gasteiger partial charge is 0.336 e. The number of rotatable bonds is 3. The van der Waals surface area contributed by atoms with Gasteiger partial charge in [-0.3, -0.25) is 4.79 Å². The lowest BCUT2D eigenvalue weighted by molar-refractivity contribution is 0.0691. The molecule has 0 bridgehead atoms. The van der Waals surface area contributed by atoms with E-state index < -0.39 is 5.97 Å². The van der Waals surface area contributed by atoms with Crippen molar-refractivity contribution in [3.63, 3.8) is 0 Å². The summed E-state index contributed by atoms with van der Waals surface area (Å²) in [6.07, 6.45) is 0. The van der Waals surface area contributed by atoms with Crippen LogP contribution in [0, 0.1) is 0 Å². The molecular formula is C12H17NO3. The average molecular weight is 223 g/mol. The van der Waals surface area contributed by atoms with Crippen LogP contribution < -0.4 is 5.32 Å². The Morgan fingerprint density at radius 1 is 1.19 bits per heavy atom. The minimum atomic E-state index is -1.09. The van der Waals surface area contributed by atoms with Crippen LogP contribution in [0.3, 0.4) is 0 Å². The molecule has 0 spiro atoms. The van der Waals surface area contributed by atoms with Gasteiger partial charge in [0.2, 0.25) is 0 Å². The van der Waals surface area contributed by atoms with Gasteiger partial charge in [-0.25, -0.2) is 4.79 Å². The minimum absolute atomic E-state index is 0.0263. The highest BCUT2D eigenvalue weighted by molar-refractivity contribution is 6.04. The summed E-state index contributed by atoms with van der Waals surface area (Å²) in [4.78, 5) is 22.1. The molecule has 1 aromatic carbocycles. The summed E-state index contributed by atoms with van der Waals surface area (Å²) in [5, 5.41) is 11.4. The number of carboxylic acids is 1. The number of amides is 1. The molecule has 0 saturated carbocycles. The fraction of sp³-hybridized carbons (Fsp3) is 0.333. The maximum Gasteiger partial charge on any atom is 0.336 e. The maximum atomic E-state index is 11.4. The molecule has 0 fully saturated rings. The largest absolute Gasteiger partial charge is 0.478 e. The molecule has 2 N–H and O–H groups in total. The Morgan fingerprint density at radius 2 is 1.69 bits per heavy atom. The molecule has 0 aliphatic rings. The summed E-state index contributed by atoms with van der Waals surface area (Å²) in [5.41, 5.74) is 0.223. The molecule has 4 heteroatoms. The Balaban J connectivity index is 0.00000106. The molecule has 1 aromatic rings. The Kier molecular flexibility index (Phi) is 6.59. The highest BCUT2D eigenvalue weighted by Crippen LogP contribution is 2.08. The van der Waals surface area contributed by atoms with E-state index in [4.69, 9.17) is 5.11 Å². The maximum absolute atomic E-state index is 11.4. The zero-order valence-electron chi connectivity index (χ0n) is 9.78. The van der Waals surface area contributed by atoms with Crippen LogP contribution in [0.15, 0.2) is 24.3 Å². The first-order valence-electron chi connectivity index (χ1n) is 5.27. The predicted octanol–water partition coefficient (Wildman–Crippen LogP) is 2.16. The number of carboxylic acid groups (broad SMARTS) is 1. The van der Waals surface area contributed by atoms with E-state index in [1.807, 2.05) is 13.8 Å². The minimum Gasteiger partial charge on any atom is -0.478 e. The van der Waals surface area contributed by atoms with E-state index in [2.05, 4.69) is 5.32 Å². The number of hydrogen-bond acceptors (Lipinski definition) is 2. The van der Waals surface area contributed by atoms with Crippen molar-refractivity contribution in [1.29, 1.82) is 0 Å². The molecule has 0 aliphatic heterocycles. The Morgan fingerprint density at radius 3 is 2.12 bits per heavy atom. The van der Waals surface area contributed by atoms with Crippen LogP contribution in [-0.4, -0.2) is 23.5 Å². The van der Waals surface area contributed by atoms with Crippen molar-refractivity contribution < 1.29 is 14.7 Å². The van der Waals surface area contributed by atoms with Gasteiger partial charge in [0.05, 0.1) is 11.1 Å². The average Bonchev–Trinajstić information content (AvgIpc) is 2.32. The number of benzene rings is 1. The summed E-state index contributed by atoms with van der Waals surface area (Å²) in [5.74, 6) is -1.45. The third kappa shape index (κ3) is 3.73. The first-order chi connectivity index (χ1) is 7.66. The Bertz CT molecular complexity index is 361. The van der Waals surface area contributed by atoms with Gasteiger partial charge in [0.25, 0.3) is 5.91 Å². The van der Waals surface area contributed by atoms with E-state index in [1.165, 1.54) is 12.1 Å². The lowest BCUT2D eigenvalue weighted by Crippen LogP contribution is -2.24. The molecule has 0 saturated heterocycles. The fourth-order valence-electron chi connectivity index (χ4n) is 1.12. The third-order valence-electron chi connectivity index (χ3n) is 1.74. The van der Waals surface area contributed by atoms with Gasteiger partial charge in [-0.2, -0.15) is 0 Å². The Hall–Kier alpha value is -1.84. The molecule has 1 amide bonds. The molecule has 0 radical (unpaired) electrons. The van der Waals surface area contributed by atoms with E-state index in [9.17, 15) is 9.59 Å². The van der Waals surface area contributed by atoms with E-state index in [-0.39, 0.29) is 17.0 Å². The van der Waals surface area contributed by atoms with Gasteiger partial charge < -0.3 is 10.4 Å². The summed E-state index contributed by atoms with van der Waals surface area (Å²) in [6.45, 7) is 6.26. The van der Waals surface area contributed by atoms with E-state index in [0.717, 1.165) is 0 Å². The van der Waals surface area contributed by atoms with Crippen LogP contribution >= 0.6 is 0 Å². The van der Waals surface area contributed by atoms with Crippen LogP contribution in [0.2, 0.25) is 0 Å². The van der Waals surface area contributed by atoms with Crippen LogP contribution in [0.25, 0.3) is 0 Å². The highest BCUT2D eigenvalue weighted by Gasteiger charge is 2.14. The zero-order chi connectivity index (χ0) is 12.6. The molecule has 0 unspecified atom stereocenters. The van der Waals surface area contributed by atoms with Gasteiger partial charge in [-0.05, 0) is 19.1 Å². The lowest BCUT2D eigenvalue weighted by atomic mass is 10.1. The second kappa shape index (κ2) is 7.45.